The minimum atomic E-state index is -0.752. The van der Waals surface area contributed by atoms with Gasteiger partial charge in [0.2, 0.25) is 0 Å². The molecule has 0 atom stereocenters. The van der Waals surface area contributed by atoms with E-state index < -0.39 is 5.91 Å². The number of hydrogen-bond donors (Lipinski definition) is 4. The van der Waals surface area contributed by atoms with Gasteiger partial charge in [-0.3, -0.25) is 9.89 Å². The van der Waals surface area contributed by atoms with E-state index in [1.165, 1.54) is 0 Å². The number of nitrogens with two attached hydrogens (primary N) is 2. The topological polar surface area (TPSA) is 161 Å². The summed E-state index contributed by atoms with van der Waals surface area (Å²) in [5.41, 5.74) is 16.3. The van der Waals surface area contributed by atoms with Crippen molar-refractivity contribution in [3.05, 3.63) is 71.8 Å². The Balaban J connectivity index is 1.73. The molecule has 0 saturated carbocycles. The number of hydrogen-bond acceptors (Lipinski definition) is 8. The summed E-state index contributed by atoms with van der Waals surface area (Å²) in [5.74, 6) is 0.592. The third kappa shape index (κ3) is 3.66. The lowest BCUT2D eigenvalue weighted by molar-refractivity contribution is 0.0996. The molecule has 0 aliphatic carbocycles. The molecule has 0 spiro atoms. The number of H-pyrrole nitrogens is 1. The molecule has 1 aromatic carbocycles. The highest BCUT2D eigenvalue weighted by molar-refractivity contribution is 6.04. The normalized spacial score (nSPS) is 11.0. The van der Waals surface area contributed by atoms with Crippen molar-refractivity contribution < 1.29 is 4.79 Å². The van der Waals surface area contributed by atoms with Crippen molar-refractivity contribution in [1.29, 1.82) is 0 Å². The lowest BCUT2D eigenvalue weighted by atomic mass is 9.99. The third-order valence-corrected chi connectivity index (χ3v) is 5.43. The summed E-state index contributed by atoms with van der Waals surface area (Å²) >= 11 is 0. The molecule has 0 aliphatic rings. The highest BCUT2D eigenvalue weighted by atomic mass is 16.1. The molecule has 0 unspecified atom stereocenters. The summed E-state index contributed by atoms with van der Waals surface area (Å²) in [6, 6.07) is 13.0. The van der Waals surface area contributed by atoms with Crippen LogP contribution in [0.2, 0.25) is 0 Å². The number of nitrogens with one attached hydrogen (secondary N) is 2. The number of aromatic nitrogens is 6. The van der Waals surface area contributed by atoms with Crippen molar-refractivity contribution in [3.63, 3.8) is 0 Å². The van der Waals surface area contributed by atoms with Crippen molar-refractivity contribution in [3.8, 4) is 22.6 Å². The Morgan fingerprint density at radius 3 is 2.68 bits per heavy atom. The first kappa shape index (κ1) is 21.0. The average Bonchev–Trinajstić information content (AvgIpc) is 3.29. The molecule has 4 aromatic heterocycles. The number of fused-ring (bicyclic) bond motifs is 1. The lowest BCUT2D eigenvalue weighted by Gasteiger charge is -2.15. The Morgan fingerprint density at radius 1 is 1.03 bits per heavy atom. The molecule has 5 rings (SSSR count). The maximum absolute atomic E-state index is 12.3. The van der Waals surface area contributed by atoms with E-state index in [-0.39, 0.29) is 17.2 Å². The largest absolute Gasteiger partial charge is 0.395 e. The second kappa shape index (κ2) is 8.24. The maximum atomic E-state index is 12.3. The van der Waals surface area contributed by atoms with Gasteiger partial charge >= 0.3 is 0 Å². The average molecular weight is 451 g/mol. The fraction of sp³-hybridized carbons (Fsp3) is 0.0833. The van der Waals surface area contributed by atoms with Crippen molar-refractivity contribution in [1.82, 2.24) is 30.1 Å². The van der Waals surface area contributed by atoms with Crippen LogP contribution in [0, 0.1) is 13.8 Å². The van der Waals surface area contributed by atoms with Gasteiger partial charge in [-0.15, -0.1) is 0 Å². The van der Waals surface area contributed by atoms with Gasteiger partial charge < -0.3 is 16.8 Å². The number of rotatable bonds is 5. The van der Waals surface area contributed by atoms with Gasteiger partial charge in [-0.05, 0) is 49.7 Å². The molecule has 10 heteroatoms. The van der Waals surface area contributed by atoms with E-state index in [4.69, 9.17) is 16.5 Å². The molecule has 0 bridgehead atoms. The quantitative estimate of drug-likeness (QED) is 0.315. The highest BCUT2D eigenvalue weighted by Crippen LogP contribution is 2.36. The summed E-state index contributed by atoms with van der Waals surface area (Å²) in [4.78, 5) is 30.4. The van der Waals surface area contributed by atoms with E-state index in [1.807, 2.05) is 44.2 Å². The fourth-order valence-corrected chi connectivity index (χ4v) is 3.83. The van der Waals surface area contributed by atoms with Crippen LogP contribution in [-0.2, 0) is 0 Å². The molecule has 34 heavy (non-hydrogen) atoms. The van der Waals surface area contributed by atoms with Gasteiger partial charge in [0.1, 0.15) is 11.6 Å². The van der Waals surface area contributed by atoms with Crippen LogP contribution in [-0.4, -0.2) is 36.0 Å². The molecule has 1 amide bonds. The number of benzene rings is 1. The Hall–Kier alpha value is -4.86. The predicted octanol–water partition coefficient (Wildman–Crippen LogP) is 3.52. The minimum Gasteiger partial charge on any atom is -0.395 e. The van der Waals surface area contributed by atoms with Crippen LogP contribution in [0.5, 0.6) is 0 Å². The highest BCUT2D eigenvalue weighted by Gasteiger charge is 2.22. The molecule has 5 aromatic rings. The Kier molecular flexibility index (Phi) is 5.09. The van der Waals surface area contributed by atoms with Crippen LogP contribution in [0.3, 0.4) is 0 Å². The number of anilines is 3. The second-order valence-corrected chi connectivity index (χ2v) is 7.80. The van der Waals surface area contributed by atoms with E-state index in [2.05, 4.69) is 30.5 Å². The van der Waals surface area contributed by atoms with E-state index in [0.29, 0.717) is 22.9 Å². The van der Waals surface area contributed by atoms with E-state index >= 15 is 0 Å². The number of pyridine rings is 2. The molecule has 0 fully saturated rings. The first-order valence-electron chi connectivity index (χ1n) is 10.5. The summed E-state index contributed by atoms with van der Waals surface area (Å²) in [5, 5.41) is 11.1. The van der Waals surface area contributed by atoms with Gasteiger partial charge in [0.25, 0.3) is 5.91 Å². The molecule has 168 valence electrons. The number of primary amides is 1. The summed E-state index contributed by atoms with van der Waals surface area (Å²) in [6.45, 7) is 3.84. The monoisotopic (exact) mass is 451 g/mol. The molecular formula is C24H21N9O. The first-order chi connectivity index (χ1) is 16.4. The van der Waals surface area contributed by atoms with Gasteiger partial charge in [0, 0.05) is 22.8 Å². The van der Waals surface area contributed by atoms with Crippen LogP contribution in [0.15, 0.2) is 54.9 Å². The molecule has 0 radical (unpaired) electrons. The summed E-state index contributed by atoms with van der Waals surface area (Å²) < 4.78 is 0. The van der Waals surface area contributed by atoms with Gasteiger partial charge in [0.05, 0.1) is 28.7 Å². The molecule has 6 N–H and O–H groups in total. The van der Waals surface area contributed by atoms with Crippen molar-refractivity contribution in [2.45, 2.75) is 13.8 Å². The number of aromatic amines is 1. The van der Waals surface area contributed by atoms with E-state index in [1.54, 1.807) is 24.5 Å². The van der Waals surface area contributed by atoms with Crippen molar-refractivity contribution in [2.24, 2.45) is 5.73 Å². The molecule has 10 nitrogen and oxygen atoms in total. The lowest BCUT2D eigenvalue weighted by Crippen LogP contribution is -2.18. The van der Waals surface area contributed by atoms with Crippen LogP contribution in [0.25, 0.3) is 33.5 Å². The number of nitrogens with zero attached hydrogens (tertiary/aromatic N) is 5. The number of amides is 1. The number of carbonyl (C=O) groups excluding carboxylic acids is 1. The van der Waals surface area contributed by atoms with E-state index in [0.717, 1.165) is 27.7 Å². The second-order valence-electron chi connectivity index (χ2n) is 7.80. The van der Waals surface area contributed by atoms with Crippen LogP contribution in [0.1, 0.15) is 21.7 Å². The van der Waals surface area contributed by atoms with E-state index in [9.17, 15) is 4.79 Å². The van der Waals surface area contributed by atoms with Crippen molar-refractivity contribution >= 4 is 34.1 Å². The number of carbonyl (C=O) groups is 1. The molecular weight excluding hydrogens is 430 g/mol. The zero-order valence-electron chi connectivity index (χ0n) is 18.5. The van der Waals surface area contributed by atoms with Crippen LogP contribution >= 0.6 is 0 Å². The first-order valence-corrected chi connectivity index (χ1v) is 10.5. The zero-order valence-corrected chi connectivity index (χ0v) is 18.5. The zero-order chi connectivity index (χ0) is 23.8. The van der Waals surface area contributed by atoms with Gasteiger partial charge in [-0.25, -0.2) is 19.9 Å². The fourth-order valence-electron chi connectivity index (χ4n) is 3.83. The van der Waals surface area contributed by atoms with Gasteiger partial charge in [-0.2, -0.15) is 5.10 Å². The number of nitrogen functional groups attached to an aromatic ring is 1. The van der Waals surface area contributed by atoms with Crippen molar-refractivity contribution in [2.75, 3.05) is 11.1 Å². The van der Waals surface area contributed by atoms with Crippen LogP contribution < -0.4 is 16.8 Å². The minimum absolute atomic E-state index is 0.0663. The van der Waals surface area contributed by atoms with Gasteiger partial charge in [0.15, 0.2) is 11.5 Å². The Bertz CT molecular complexity index is 1560. The van der Waals surface area contributed by atoms with Crippen LogP contribution in [0.4, 0.5) is 17.3 Å². The molecule has 4 heterocycles. The maximum Gasteiger partial charge on any atom is 0.269 e. The summed E-state index contributed by atoms with van der Waals surface area (Å²) in [7, 11) is 0. The SMILES string of the molecule is Cc1cccc(Nc2ncccc2-c2nc(C(N)=O)c(N)c(-c3c(C)ccc4[nH]ncc34)n2)n1. The third-order valence-electron chi connectivity index (χ3n) is 5.43. The Morgan fingerprint density at radius 2 is 1.88 bits per heavy atom. The predicted molar refractivity (Wildman–Crippen MR) is 130 cm³/mol. The van der Waals surface area contributed by atoms with Gasteiger partial charge in [-0.1, -0.05) is 12.1 Å². The Labute approximate surface area is 194 Å². The molecule has 0 saturated heterocycles. The smallest absolute Gasteiger partial charge is 0.269 e. The summed E-state index contributed by atoms with van der Waals surface area (Å²) in [6.07, 6.45) is 3.34. The molecule has 0 aliphatic heterocycles. The standard InChI is InChI=1S/C24H21N9O/c1-12-8-9-16-15(11-28-33-16)18(12)20-19(25)21(22(26)34)32-24(31-20)14-6-4-10-27-23(14)30-17-7-3-5-13(2)29-17/h3-11H,25H2,1-2H3,(H2,26,34)(H,28,33)(H,27,29,30). The number of aryl methyl sites for hydroxylation is 2.